The highest BCUT2D eigenvalue weighted by atomic mass is 79.9. The Morgan fingerprint density at radius 2 is 2.04 bits per heavy atom. The van der Waals surface area contributed by atoms with Crippen LogP contribution in [0.5, 0.6) is 0 Å². The van der Waals surface area contributed by atoms with E-state index in [0.717, 1.165) is 10.0 Å². The van der Waals surface area contributed by atoms with Gasteiger partial charge in [0.2, 0.25) is 5.91 Å². The molecule has 2 saturated heterocycles. The standard InChI is InChI=1S/C16H19BrN4O3/c1-10(11-2-4-12(17)5-3-11)18-14(22)9-20-6-7-21-13(8-20)15(23)19-16(21)24/h2-5,10,13H,6-9H2,1H3,(H,18,22)(H,19,23,24)/t10-,13-/m1/s1. The van der Waals surface area contributed by atoms with E-state index in [0.29, 0.717) is 19.6 Å². The maximum absolute atomic E-state index is 12.3. The van der Waals surface area contributed by atoms with E-state index in [1.807, 2.05) is 36.1 Å². The fraction of sp³-hybridized carbons (Fsp3) is 0.438. The second kappa shape index (κ2) is 6.90. The monoisotopic (exact) mass is 394 g/mol. The number of hydrogen-bond acceptors (Lipinski definition) is 4. The lowest BCUT2D eigenvalue weighted by atomic mass is 10.1. The summed E-state index contributed by atoms with van der Waals surface area (Å²) in [7, 11) is 0. The van der Waals surface area contributed by atoms with E-state index in [-0.39, 0.29) is 30.4 Å². The molecule has 4 amide bonds. The van der Waals surface area contributed by atoms with E-state index < -0.39 is 6.04 Å². The first-order chi connectivity index (χ1) is 11.4. The number of carbonyl (C=O) groups is 3. The van der Waals surface area contributed by atoms with Crippen LogP contribution >= 0.6 is 15.9 Å². The smallest absolute Gasteiger partial charge is 0.324 e. The summed E-state index contributed by atoms with van der Waals surface area (Å²) in [5, 5.41) is 5.27. The highest BCUT2D eigenvalue weighted by Crippen LogP contribution is 2.17. The molecule has 2 atom stereocenters. The maximum Gasteiger partial charge on any atom is 0.324 e. The molecule has 0 radical (unpaired) electrons. The van der Waals surface area contributed by atoms with Gasteiger partial charge in [-0.3, -0.25) is 19.8 Å². The third-order valence-corrected chi connectivity index (χ3v) is 4.90. The number of carbonyl (C=O) groups excluding carboxylic acids is 3. The van der Waals surface area contributed by atoms with Crippen LogP contribution in [-0.2, 0) is 9.59 Å². The zero-order valence-electron chi connectivity index (χ0n) is 13.3. The Bertz CT molecular complexity index is 664. The van der Waals surface area contributed by atoms with Gasteiger partial charge in [-0.15, -0.1) is 0 Å². The van der Waals surface area contributed by atoms with Crippen molar-refractivity contribution in [2.24, 2.45) is 0 Å². The van der Waals surface area contributed by atoms with Gasteiger partial charge >= 0.3 is 6.03 Å². The highest BCUT2D eigenvalue weighted by Gasteiger charge is 2.42. The quantitative estimate of drug-likeness (QED) is 0.742. The molecule has 0 unspecified atom stereocenters. The highest BCUT2D eigenvalue weighted by molar-refractivity contribution is 9.10. The molecule has 1 aromatic carbocycles. The molecule has 2 fully saturated rings. The van der Waals surface area contributed by atoms with E-state index in [1.165, 1.54) is 4.90 Å². The fourth-order valence-electron chi connectivity index (χ4n) is 3.04. The average molecular weight is 395 g/mol. The molecule has 24 heavy (non-hydrogen) atoms. The van der Waals surface area contributed by atoms with Gasteiger partial charge in [-0.05, 0) is 24.6 Å². The summed E-state index contributed by atoms with van der Waals surface area (Å²) in [4.78, 5) is 39.0. The van der Waals surface area contributed by atoms with Crippen molar-refractivity contribution in [2.45, 2.75) is 19.0 Å². The van der Waals surface area contributed by atoms with Crippen LogP contribution in [0.3, 0.4) is 0 Å². The van der Waals surface area contributed by atoms with E-state index >= 15 is 0 Å². The summed E-state index contributed by atoms with van der Waals surface area (Å²) in [6, 6.07) is 6.88. The Kier molecular flexibility index (Phi) is 4.86. The number of benzene rings is 1. The number of piperazine rings is 1. The second-order valence-corrected chi connectivity index (χ2v) is 7.00. The molecule has 1 aromatic rings. The zero-order chi connectivity index (χ0) is 17.3. The number of imide groups is 1. The van der Waals surface area contributed by atoms with Crippen LogP contribution in [0, 0.1) is 0 Å². The third-order valence-electron chi connectivity index (χ3n) is 4.37. The van der Waals surface area contributed by atoms with E-state index in [4.69, 9.17) is 0 Å². The minimum atomic E-state index is -0.483. The average Bonchev–Trinajstić information content (AvgIpc) is 2.82. The van der Waals surface area contributed by atoms with Gasteiger partial charge < -0.3 is 10.2 Å². The molecule has 2 aliphatic rings. The predicted octanol–water partition coefficient (Wildman–Crippen LogP) is 0.862. The summed E-state index contributed by atoms with van der Waals surface area (Å²) in [6.45, 7) is 3.57. The lowest BCUT2D eigenvalue weighted by Crippen LogP contribution is -2.55. The number of urea groups is 1. The first kappa shape index (κ1) is 16.9. The Hall–Kier alpha value is -1.93. The van der Waals surface area contributed by atoms with Crippen LogP contribution < -0.4 is 10.6 Å². The summed E-state index contributed by atoms with van der Waals surface area (Å²) in [5.41, 5.74) is 1.03. The molecule has 2 N–H and O–H groups in total. The summed E-state index contributed by atoms with van der Waals surface area (Å²) < 4.78 is 0.993. The summed E-state index contributed by atoms with van der Waals surface area (Å²) in [5.74, 6) is -0.378. The van der Waals surface area contributed by atoms with Crippen molar-refractivity contribution in [1.29, 1.82) is 0 Å². The van der Waals surface area contributed by atoms with Gasteiger partial charge in [0.25, 0.3) is 5.91 Å². The maximum atomic E-state index is 12.3. The number of amides is 4. The first-order valence-corrected chi connectivity index (χ1v) is 8.62. The van der Waals surface area contributed by atoms with Gasteiger partial charge in [0.05, 0.1) is 12.6 Å². The SMILES string of the molecule is C[C@@H](NC(=O)CN1CCN2C(=O)NC(=O)[C@H]2C1)c1ccc(Br)cc1. The number of nitrogens with zero attached hydrogens (tertiary/aromatic N) is 2. The number of halogens is 1. The van der Waals surface area contributed by atoms with E-state index in [1.54, 1.807) is 0 Å². The molecule has 0 bridgehead atoms. The molecule has 0 aliphatic carbocycles. The van der Waals surface area contributed by atoms with Gasteiger partial charge in [-0.25, -0.2) is 4.79 Å². The number of fused-ring (bicyclic) bond motifs is 1. The molecule has 0 spiro atoms. The lowest BCUT2D eigenvalue weighted by molar-refractivity contribution is -0.126. The van der Waals surface area contributed by atoms with Crippen molar-refractivity contribution in [2.75, 3.05) is 26.2 Å². The van der Waals surface area contributed by atoms with E-state index in [2.05, 4.69) is 26.6 Å². The number of rotatable bonds is 4. The first-order valence-electron chi connectivity index (χ1n) is 7.82. The fourth-order valence-corrected chi connectivity index (χ4v) is 3.30. The minimum absolute atomic E-state index is 0.0939. The molecule has 8 heteroatoms. The largest absolute Gasteiger partial charge is 0.348 e. The van der Waals surface area contributed by atoms with Crippen molar-refractivity contribution >= 4 is 33.8 Å². The molecule has 0 saturated carbocycles. The van der Waals surface area contributed by atoms with Gasteiger partial charge in [-0.1, -0.05) is 28.1 Å². The zero-order valence-corrected chi connectivity index (χ0v) is 14.9. The van der Waals surface area contributed by atoms with Crippen LogP contribution in [0.2, 0.25) is 0 Å². The lowest BCUT2D eigenvalue weighted by Gasteiger charge is -2.35. The minimum Gasteiger partial charge on any atom is -0.348 e. The molecule has 128 valence electrons. The Balaban J connectivity index is 1.53. The van der Waals surface area contributed by atoms with Crippen LogP contribution in [-0.4, -0.2) is 59.9 Å². The Morgan fingerprint density at radius 3 is 2.75 bits per heavy atom. The van der Waals surface area contributed by atoms with Gasteiger partial charge in [0.15, 0.2) is 0 Å². The van der Waals surface area contributed by atoms with Crippen molar-refractivity contribution < 1.29 is 14.4 Å². The topological polar surface area (TPSA) is 81.8 Å². The normalized spacial score (nSPS) is 22.1. The van der Waals surface area contributed by atoms with Crippen molar-refractivity contribution in [3.8, 4) is 0 Å². The second-order valence-electron chi connectivity index (χ2n) is 6.08. The molecule has 0 aromatic heterocycles. The van der Waals surface area contributed by atoms with Crippen molar-refractivity contribution in [1.82, 2.24) is 20.4 Å². The van der Waals surface area contributed by atoms with Gasteiger partial charge in [-0.2, -0.15) is 0 Å². The number of nitrogens with one attached hydrogen (secondary N) is 2. The van der Waals surface area contributed by atoms with E-state index in [9.17, 15) is 14.4 Å². The van der Waals surface area contributed by atoms with Gasteiger partial charge in [0, 0.05) is 24.1 Å². The number of hydrogen-bond donors (Lipinski definition) is 2. The third kappa shape index (κ3) is 3.59. The van der Waals surface area contributed by atoms with Crippen molar-refractivity contribution in [3.63, 3.8) is 0 Å². The molecule has 2 aliphatic heterocycles. The van der Waals surface area contributed by atoms with Crippen LogP contribution in [0.15, 0.2) is 28.7 Å². The molecular weight excluding hydrogens is 376 g/mol. The molecular formula is C16H19BrN4O3. The van der Waals surface area contributed by atoms with Crippen LogP contribution in [0.1, 0.15) is 18.5 Å². The Morgan fingerprint density at radius 1 is 1.33 bits per heavy atom. The molecule has 7 nitrogen and oxygen atoms in total. The summed E-state index contributed by atoms with van der Waals surface area (Å²) in [6.07, 6.45) is 0. The van der Waals surface area contributed by atoms with Crippen LogP contribution in [0.25, 0.3) is 0 Å². The predicted molar refractivity (Wildman–Crippen MR) is 91.2 cm³/mol. The Labute approximate surface area is 148 Å². The molecule has 2 heterocycles. The van der Waals surface area contributed by atoms with Crippen molar-refractivity contribution in [3.05, 3.63) is 34.3 Å². The van der Waals surface area contributed by atoms with Crippen LogP contribution in [0.4, 0.5) is 4.79 Å². The summed E-state index contributed by atoms with van der Waals surface area (Å²) >= 11 is 3.39. The van der Waals surface area contributed by atoms with Gasteiger partial charge in [0.1, 0.15) is 6.04 Å². The molecule has 3 rings (SSSR count).